The van der Waals surface area contributed by atoms with Gasteiger partial charge in [0, 0.05) is 33.4 Å². The van der Waals surface area contributed by atoms with Crippen LogP contribution in [0.4, 0.5) is 5.95 Å². The number of hydrogen-bond acceptors (Lipinski definition) is 3. The Kier molecular flexibility index (Phi) is 1.85. The zero-order valence-corrected chi connectivity index (χ0v) is 6.07. The lowest BCUT2D eigenvalue weighted by Crippen LogP contribution is -2.12. The Morgan fingerprint density at radius 3 is 2.20 bits per heavy atom. The molecule has 0 aromatic carbocycles. The van der Waals surface area contributed by atoms with Crippen LogP contribution in [-0.4, -0.2) is 24.1 Å². The number of rotatable bonds is 1. The third-order valence-corrected chi connectivity index (χ3v) is 1.06. The molecule has 0 saturated carbocycles. The van der Waals surface area contributed by atoms with E-state index < -0.39 is 0 Å². The molecule has 0 N–H and O–H groups in total. The van der Waals surface area contributed by atoms with E-state index in [1.807, 2.05) is 19.0 Å². The molecule has 1 rings (SSSR count). The molecule has 0 aliphatic rings. The molecule has 10 heavy (non-hydrogen) atoms. The highest BCUT2D eigenvalue weighted by molar-refractivity contribution is 5.27. The number of nitrogens with zero attached hydrogens (tertiary/aromatic N) is 3. The summed E-state index contributed by atoms with van der Waals surface area (Å²) in [7, 11) is 3.76. The van der Waals surface area contributed by atoms with Crippen LogP contribution in [0.1, 0.15) is 5.56 Å². The predicted molar refractivity (Wildman–Crippen MR) is 39.8 cm³/mol. The van der Waals surface area contributed by atoms with Gasteiger partial charge >= 0.3 is 0 Å². The summed E-state index contributed by atoms with van der Waals surface area (Å²) in [6.07, 6.45) is 3.17. The van der Waals surface area contributed by atoms with Crippen LogP contribution in [-0.2, 0) is 0 Å². The summed E-state index contributed by atoms with van der Waals surface area (Å²) in [5, 5.41) is 0. The van der Waals surface area contributed by atoms with Gasteiger partial charge in [0.25, 0.3) is 0 Å². The first-order valence-electron chi connectivity index (χ1n) is 2.95. The molecule has 2 radical (unpaired) electrons. The van der Waals surface area contributed by atoms with Crippen LogP contribution in [0.25, 0.3) is 0 Å². The quantitative estimate of drug-likeness (QED) is 0.564. The Bertz CT molecular complexity index is 203. The summed E-state index contributed by atoms with van der Waals surface area (Å²) in [6, 6.07) is 0. The first-order chi connectivity index (χ1) is 4.70. The van der Waals surface area contributed by atoms with Gasteiger partial charge in [-0.3, -0.25) is 0 Å². The van der Waals surface area contributed by atoms with Crippen LogP contribution < -0.4 is 4.90 Å². The molecule has 52 valence electrons. The monoisotopic (exact) mass is 135 g/mol. The van der Waals surface area contributed by atoms with Gasteiger partial charge in [0.2, 0.25) is 5.95 Å². The SMILES string of the molecule is [CH]c1cnc(N(C)C)nc1. The molecule has 0 saturated heterocycles. The Balaban J connectivity index is 2.89. The van der Waals surface area contributed by atoms with Gasteiger partial charge < -0.3 is 4.90 Å². The van der Waals surface area contributed by atoms with Crippen molar-refractivity contribution in [3.05, 3.63) is 24.9 Å². The zero-order valence-electron chi connectivity index (χ0n) is 6.07. The summed E-state index contributed by atoms with van der Waals surface area (Å²) < 4.78 is 0. The van der Waals surface area contributed by atoms with Crippen LogP contribution in [0.3, 0.4) is 0 Å². The van der Waals surface area contributed by atoms with Gasteiger partial charge in [-0.1, -0.05) is 0 Å². The van der Waals surface area contributed by atoms with Crippen molar-refractivity contribution in [2.24, 2.45) is 0 Å². The summed E-state index contributed by atoms with van der Waals surface area (Å²) in [5.41, 5.74) is 0.589. The van der Waals surface area contributed by atoms with E-state index in [2.05, 4.69) is 9.97 Å². The molecule has 0 aliphatic heterocycles. The van der Waals surface area contributed by atoms with E-state index in [0.717, 1.165) is 0 Å². The summed E-state index contributed by atoms with van der Waals surface area (Å²) >= 11 is 0. The van der Waals surface area contributed by atoms with E-state index in [-0.39, 0.29) is 0 Å². The van der Waals surface area contributed by atoms with Crippen molar-refractivity contribution in [1.29, 1.82) is 0 Å². The molecule has 0 unspecified atom stereocenters. The van der Waals surface area contributed by atoms with Crippen molar-refractivity contribution in [2.75, 3.05) is 19.0 Å². The normalized spacial score (nSPS) is 9.50. The average molecular weight is 135 g/mol. The van der Waals surface area contributed by atoms with Crippen LogP contribution in [0.15, 0.2) is 12.4 Å². The topological polar surface area (TPSA) is 29.0 Å². The van der Waals surface area contributed by atoms with Crippen molar-refractivity contribution in [1.82, 2.24) is 9.97 Å². The van der Waals surface area contributed by atoms with Gasteiger partial charge in [0.1, 0.15) is 0 Å². The van der Waals surface area contributed by atoms with Gasteiger partial charge in [0.15, 0.2) is 0 Å². The molecule has 1 heterocycles. The summed E-state index contributed by atoms with van der Waals surface area (Å²) in [6.45, 7) is 5.38. The third kappa shape index (κ3) is 1.43. The first-order valence-corrected chi connectivity index (χ1v) is 2.95. The smallest absolute Gasteiger partial charge is 0.224 e. The van der Waals surface area contributed by atoms with E-state index in [1.54, 1.807) is 12.4 Å². The van der Waals surface area contributed by atoms with Gasteiger partial charge in [-0.25, -0.2) is 9.97 Å². The Morgan fingerprint density at radius 2 is 1.80 bits per heavy atom. The fourth-order valence-electron chi connectivity index (χ4n) is 0.562. The average Bonchev–Trinajstić information content (AvgIpc) is 1.88. The van der Waals surface area contributed by atoms with Crippen molar-refractivity contribution < 1.29 is 0 Å². The highest BCUT2D eigenvalue weighted by Crippen LogP contribution is 2.00. The molecule has 0 aliphatic carbocycles. The van der Waals surface area contributed by atoms with Gasteiger partial charge in [-0.15, -0.1) is 0 Å². The summed E-state index contributed by atoms with van der Waals surface area (Å²) in [5.74, 6) is 0.675. The lowest BCUT2D eigenvalue weighted by molar-refractivity contribution is 0.994. The minimum Gasteiger partial charge on any atom is -0.347 e. The van der Waals surface area contributed by atoms with Crippen molar-refractivity contribution in [3.8, 4) is 0 Å². The van der Waals surface area contributed by atoms with E-state index >= 15 is 0 Å². The minimum absolute atomic E-state index is 0.589. The second-order valence-electron chi connectivity index (χ2n) is 2.21. The molecule has 0 bridgehead atoms. The van der Waals surface area contributed by atoms with Crippen molar-refractivity contribution in [2.45, 2.75) is 0 Å². The maximum Gasteiger partial charge on any atom is 0.224 e. The van der Waals surface area contributed by atoms with Gasteiger partial charge in [-0.05, 0) is 5.56 Å². The number of aromatic nitrogens is 2. The van der Waals surface area contributed by atoms with Crippen molar-refractivity contribution in [3.63, 3.8) is 0 Å². The molecular formula is C7H9N3. The van der Waals surface area contributed by atoms with E-state index in [1.165, 1.54) is 0 Å². The fraction of sp³-hybridized carbons (Fsp3) is 0.286. The predicted octanol–water partition coefficient (Wildman–Crippen LogP) is 0.602. The lowest BCUT2D eigenvalue weighted by atomic mass is 10.4. The van der Waals surface area contributed by atoms with Gasteiger partial charge in [0.05, 0.1) is 0 Å². The molecule has 0 amide bonds. The minimum atomic E-state index is 0.589. The van der Waals surface area contributed by atoms with Crippen LogP contribution in [0.5, 0.6) is 0 Å². The Hall–Kier alpha value is -1.12. The molecule has 0 fully saturated rings. The highest BCUT2D eigenvalue weighted by Gasteiger charge is 1.94. The lowest BCUT2D eigenvalue weighted by Gasteiger charge is -2.07. The number of anilines is 1. The molecule has 3 nitrogen and oxygen atoms in total. The van der Waals surface area contributed by atoms with E-state index in [4.69, 9.17) is 6.92 Å². The second-order valence-corrected chi connectivity index (χ2v) is 2.21. The number of hydrogen-bond donors (Lipinski definition) is 0. The standard InChI is InChI=1S/C7H9N3/c1-6-4-8-7(9-5-6)10(2)3/h1,4-5H,2-3H3. The van der Waals surface area contributed by atoms with Crippen LogP contribution in [0, 0.1) is 6.92 Å². The molecular weight excluding hydrogens is 126 g/mol. The zero-order chi connectivity index (χ0) is 7.56. The van der Waals surface area contributed by atoms with Crippen molar-refractivity contribution >= 4 is 5.95 Å². The maximum absolute atomic E-state index is 5.38. The van der Waals surface area contributed by atoms with Gasteiger partial charge in [-0.2, -0.15) is 0 Å². The second kappa shape index (κ2) is 2.64. The Labute approximate surface area is 60.7 Å². The largest absolute Gasteiger partial charge is 0.347 e. The first kappa shape index (κ1) is 6.99. The molecule has 3 heteroatoms. The molecule has 1 aromatic rings. The fourth-order valence-corrected chi connectivity index (χ4v) is 0.562. The highest BCUT2D eigenvalue weighted by atomic mass is 15.2. The summed E-state index contributed by atoms with van der Waals surface area (Å²) in [4.78, 5) is 9.75. The van der Waals surface area contributed by atoms with Crippen LogP contribution >= 0.6 is 0 Å². The molecule has 1 aromatic heterocycles. The Morgan fingerprint density at radius 1 is 1.30 bits per heavy atom. The van der Waals surface area contributed by atoms with Crippen LogP contribution in [0.2, 0.25) is 0 Å². The third-order valence-electron chi connectivity index (χ3n) is 1.06. The molecule has 0 spiro atoms. The van der Waals surface area contributed by atoms with E-state index in [9.17, 15) is 0 Å². The molecule has 0 atom stereocenters. The van der Waals surface area contributed by atoms with E-state index in [0.29, 0.717) is 11.5 Å². The maximum atomic E-state index is 5.38.